The first-order valence-electron chi connectivity index (χ1n) is 7.55. The largest absolute Gasteiger partial charge is 0.350 e. The summed E-state index contributed by atoms with van der Waals surface area (Å²) in [5.41, 5.74) is 4.50. The van der Waals surface area contributed by atoms with Gasteiger partial charge >= 0.3 is 0 Å². The van der Waals surface area contributed by atoms with E-state index >= 15 is 0 Å². The fraction of sp³-hybridized carbons (Fsp3) is 0.333. The zero-order chi connectivity index (χ0) is 15.9. The van der Waals surface area contributed by atoms with Gasteiger partial charge in [-0.25, -0.2) is 0 Å². The van der Waals surface area contributed by atoms with Crippen LogP contribution < -0.4 is 10.6 Å². The van der Waals surface area contributed by atoms with Gasteiger partial charge < -0.3 is 10.6 Å². The van der Waals surface area contributed by atoms with Gasteiger partial charge in [0, 0.05) is 24.0 Å². The molecule has 116 valence electrons. The second-order valence-corrected chi connectivity index (χ2v) is 6.25. The van der Waals surface area contributed by atoms with Crippen LogP contribution in [0.4, 0.5) is 5.69 Å². The number of aryl methyl sites for hydroxylation is 1. The monoisotopic (exact) mass is 313 g/mol. The maximum Gasteiger partial charge on any atom is 0.0765 e. The molecule has 2 N–H and O–H groups in total. The third-order valence-corrected chi connectivity index (χ3v) is 3.50. The number of aromatic nitrogens is 1. The molecule has 0 aliphatic carbocycles. The Morgan fingerprint density at radius 2 is 1.91 bits per heavy atom. The minimum absolute atomic E-state index is 0.397. The quantitative estimate of drug-likeness (QED) is 0.794. The lowest BCUT2D eigenvalue weighted by Gasteiger charge is -2.14. The van der Waals surface area contributed by atoms with E-state index in [1.807, 2.05) is 26.0 Å². The summed E-state index contributed by atoms with van der Waals surface area (Å²) >= 11 is 5.04. The Kier molecular flexibility index (Phi) is 6.04. The maximum absolute atomic E-state index is 5.04. The summed E-state index contributed by atoms with van der Waals surface area (Å²) in [7, 11) is 0. The molecule has 0 fully saturated rings. The van der Waals surface area contributed by atoms with E-state index in [9.17, 15) is 0 Å². The highest BCUT2D eigenvalue weighted by Crippen LogP contribution is 2.11. The molecule has 1 aromatic carbocycles. The van der Waals surface area contributed by atoms with Gasteiger partial charge in [-0.1, -0.05) is 30.4 Å². The highest BCUT2D eigenvalue weighted by Gasteiger charge is 2.04. The standard InChI is InChI=1S/C18H23N3S/c1-13-5-4-6-18(20-13)12-19-14(2)11-16-7-9-17(10-8-16)21-15(3)22/h4-10,14,19H,11-12H2,1-3H3,(H,21,22)/t14-/m1/s1. The Bertz CT molecular complexity index is 622. The number of hydrogen-bond acceptors (Lipinski definition) is 3. The molecule has 0 aliphatic heterocycles. The Morgan fingerprint density at radius 3 is 2.55 bits per heavy atom. The predicted molar refractivity (Wildman–Crippen MR) is 97.3 cm³/mol. The number of hydrogen-bond donors (Lipinski definition) is 2. The third kappa shape index (κ3) is 5.54. The third-order valence-electron chi connectivity index (χ3n) is 3.39. The molecule has 0 aliphatic rings. The van der Waals surface area contributed by atoms with Crippen molar-refractivity contribution in [1.82, 2.24) is 10.3 Å². The van der Waals surface area contributed by atoms with Crippen molar-refractivity contribution in [1.29, 1.82) is 0 Å². The van der Waals surface area contributed by atoms with Crippen molar-refractivity contribution < 1.29 is 0 Å². The summed E-state index contributed by atoms with van der Waals surface area (Å²) in [5, 5.41) is 6.67. The van der Waals surface area contributed by atoms with Crippen LogP contribution in [-0.4, -0.2) is 16.0 Å². The lowest BCUT2D eigenvalue weighted by molar-refractivity contribution is 0.539. The highest BCUT2D eigenvalue weighted by atomic mass is 32.1. The number of thiocarbonyl (C=S) groups is 1. The first-order chi connectivity index (χ1) is 10.5. The minimum atomic E-state index is 0.397. The molecule has 3 nitrogen and oxygen atoms in total. The topological polar surface area (TPSA) is 37.0 Å². The van der Waals surface area contributed by atoms with Gasteiger partial charge in [0.25, 0.3) is 0 Å². The summed E-state index contributed by atoms with van der Waals surface area (Å²) in [6.45, 7) is 6.90. The molecule has 0 radical (unpaired) electrons. The van der Waals surface area contributed by atoms with Gasteiger partial charge in [-0.15, -0.1) is 0 Å². The van der Waals surface area contributed by atoms with Gasteiger partial charge in [-0.2, -0.15) is 0 Å². The number of anilines is 1. The molecule has 0 amide bonds. The van der Waals surface area contributed by atoms with Crippen LogP contribution in [0.15, 0.2) is 42.5 Å². The number of rotatable bonds is 6. The summed E-state index contributed by atoms with van der Waals surface area (Å²) in [6.07, 6.45) is 0.989. The molecule has 1 atom stereocenters. The number of nitrogens with one attached hydrogen (secondary N) is 2. The molecule has 4 heteroatoms. The van der Waals surface area contributed by atoms with E-state index in [1.54, 1.807) is 0 Å². The van der Waals surface area contributed by atoms with Crippen LogP contribution >= 0.6 is 12.2 Å². The summed E-state index contributed by atoms with van der Waals surface area (Å²) in [4.78, 5) is 5.29. The zero-order valence-electron chi connectivity index (χ0n) is 13.4. The van der Waals surface area contributed by atoms with Crippen LogP contribution in [0.5, 0.6) is 0 Å². The molecule has 1 heterocycles. The molecule has 22 heavy (non-hydrogen) atoms. The van der Waals surface area contributed by atoms with Crippen LogP contribution in [0.2, 0.25) is 0 Å². The Morgan fingerprint density at radius 1 is 1.18 bits per heavy atom. The van der Waals surface area contributed by atoms with Crippen LogP contribution in [0.1, 0.15) is 30.8 Å². The smallest absolute Gasteiger partial charge is 0.0765 e. The number of benzene rings is 1. The molecule has 0 spiro atoms. The van der Waals surface area contributed by atoms with E-state index in [4.69, 9.17) is 12.2 Å². The first kappa shape index (κ1) is 16.6. The fourth-order valence-electron chi connectivity index (χ4n) is 2.33. The SMILES string of the molecule is CC(=S)Nc1ccc(C[C@@H](C)NCc2cccc(C)n2)cc1. The fourth-order valence-corrected chi connectivity index (χ4v) is 2.45. The Labute approximate surface area is 138 Å². The number of pyridine rings is 1. The molecule has 0 saturated carbocycles. The average Bonchev–Trinajstić information content (AvgIpc) is 2.47. The second kappa shape index (κ2) is 8.01. The normalized spacial score (nSPS) is 12.0. The Hall–Kier alpha value is -1.78. The summed E-state index contributed by atoms with van der Waals surface area (Å²) < 4.78 is 0. The van der Waals surface area contributed by atoms with Crippen molar-refractivity contribution in [2.24, 2.45) is 0 Å². The van der Waals surface area contributed by atoms with Gasteiger partial charge in [0.2, 0.25) is 0 Å². The van der Waals surface area contributed by atoms with Crippen LogP contribution in [0.3, 0.4) is 0 Å². The van der Waals surface area contributed by atoms with Crippen molar-refractivity contribution >= 4 is 22.9 Å². The van der Waals surface area contributed by atoms with Gasteiger partial charge in [-0.3, -0.25) is 4.98 Å². The second-order valence-electron chi connectivity index (χ2n) is 5.63. The van der Waals surface area contributed by atoms with E-state index in [0.29, 0.717) is 6.04 Å². The van der Waals surface area contributed by atoms with Crippen LogP contribution in [-0.2, 0) is 13.0 Å². The lowest BCUT2D eigenvalue weighted by atomic mass is 10.1. The van der Waals surface area contributed by atoms with E-state index < -0.39 is 0 Å². The molecule has 0 unspecified atom stereocenters. The number of nitrogens with zero attached hydrogens (tertiary/aromatic N) is 1. The van der Waals surface area contributed by atoms with Gasteiger partial charge in [0.05, 0.1) is 10.7 Å². The van der Waals surface area contributed by atoms with Crippen LogP contribution in [0, 0.1) is 6.92 Å². The first-order valence-corrected chi connectivity index (χ1v) is 7.96. The van der Waals surface area contributed by atoms with Gasteiger partial charge in [0.1, 0.15) is 0 Å². The zero-order valence-corrected chi connectivity index (χ0v) is 14.2. The molecule has 1 aromatic heterocycles. The minimum Gasteiger partial charge on any atom is -0.350 e. The summed E-state index contributed by atoms with van der Waals surface area (Å²) in [6, 6.07) is 14.9. The van der Waals surface area contributed by atoms with E-state index in [1.165, 1.54) is 5.56 Å². The molecule has 0 bridgehead atoms. The Balaban J connectivity index is 1.83. The van der Waals surface area contributed by atoms with Crippen molar-refractivity contribution in [3.8, 4) is 0 Å². The molecule has 0 saturated heterocycles. The highest BCUT2D eigenvalue weighted by molar-refractivity contribution is 7.80. The van der Waals surface area contributed by atoms with Gasteiger partial charge in [-0.05, 0) is 57.0 Å². The van der Waals surface area contributed by atoms with Crippen molar-refractivity contribution in [2.75, 3.05) is 5.32 Å². The average molecular weight is 313 g/mol. The van der Waals surface area contributed by atoms with Crippen molar-refractivity contribution in [3.05, 3.63) is 59.4 Å². The van der Waals surface area contributed by atoms with E-state index in [2.05, 4.69) is 52.9 Å². The van der Waals surface area contributed by atoms with E-state index in [-0.39, 0.29) is 0 Å². The molecular formula is C18H23N3S. The lowest BCUT2D eigenvalue weighted by Crippen LogP contribution is -2.28. The van der Waals surface area contributed by atoms with Crippen LogP contribution in [0.25, 0.3) is 0 Å². The summed E-state index contributed by atoms with van der Waals surface area (Å²) in [5.74, 6) is 0. The molecule has 2 aromatic rings. The molecular weight excluding hydrogens is 290 g/mol. The van der Waals surface area contributed by atoms with Gasteiger partial charge in [0.15, 0.2) is 0 Å². The van der Waals surface area contributed by atoms with Crippen molar-refractivity contribution in [2.45, 2.75) is 39.8 Å². The molecule has 2 rings (SSSR count). The van der Waals surface area contributed by atoms with E-state index in [0.717, 1.165) is 35.0 Å². The predicted octanol–water partition coefficient (Wildman–Crippen LogP) is 3.87. The maximum atomic E-state index is 5.04. The van der Waals surface area contributed by atoms with Crippen molar-refractivity contribution in [3.63, 3.8) is 0 Å².